The average Bonchev–Trinajstić information content (AvgIpc) is 2.81. The summed E-state index contributed by atoms with van der Waals surface area (Å²) in [4.78, 5) is 8.89. The van der Waals surface area contributed by atoms with E-state index in [2.05, 4.69) is 19.7 Å². The zero-order chi connectivity index (χ0) is 31.8. The van der Waals surface area contributed by atoms with E-state index in [0.717, 1.165) is 19.1 Å². The molecule has 1 amide bonds. The van der Waals surface area contributed by atoms with E-state index in [-0.39, 0.29) is 21.3 Å². The Morgan fingerprint density at radius 1 is 0.907 bits per heavy atom. The van der Waals surface area contributed by atoms with Gasteiger partial charge in [0.1, 0.15) is 37.4 Å². The van der Waals surface area contributed by atoms with Crippen LogP contribution in [0.4, 0.5) is 17.1 Å². The molecule has 1 radical (unpaired) electrons. The molecule has 0 atom stereocenters. The van der Waals surface area contributed by atoms with E-state index < -0.39 is 113 Å². The Balaban J connectivity index is 0. The Morgan fingerprint density at radius 3 is 2.05 bits per heavy atom. The number of nitrogens with one attached hydrogen (secondary N) is 1. The van der Waals surface area contributed by atoms with Gasteiger partial charge in [-0.2, -0.15) is 0 Å². The summed E-state index contributed by atoms with van der Waals surface area (Å²) in [6, 6.07) is 4.22. The van der Waals surface area contributed by atoms with E-state index >= 15 is 0 Å². The van der Waals surface area contributed by atoms with Gasteiger partial charge in [-0.1, -0.05) is 0 Å². The molecule has 0 bridgehead atoms. The first-order valence-electron chi connectivity index (χ1n) is 10.7. The molecule has 0 heterocycles. The van der Waals surface area contributed by atoms with Crippen molar-refractivity contribution < 1.29 is 87.9 Å². The van der Waals surface area contributed by atoms with Crippen LogP contribution in [-0.2, 0) is 66.5 Å². The van der Waals surface area contributed by atoms with Crippen LogP contribution in [0, 0.1) is 0 Å². The number of rotatable bonds is 10. The van der Waals surface area contributed by atoms with Crippen LogP contribution < -0.4 is 5.32 Å². The second-order valence-electron chi connectivity index (χ2n) is 8.13. The summed E-state index contributed by atoms with van der Waals surface area (Å²) in [6.45, 7) is -0.0312. The van der Waals surface area contributed by atoms with E-state index in [1.54, 1.807) is 0 Å². The number of fused-ring (bicyclic) bond motifs is 1. The normalized spacial score (nSPS) is 12.7. The number of sulfone groups is 1. The summed E-state index contributed by atoms with van der Waals surface area (Å²) in [5, 5.41) is 29.3. The summed E-state index contributed by atoms with van der Waals surface area (Å²) in [5.74, 6) is -3.78. The zero-order valence-corrected chi connectivity index (χ0v) is 25.1. The van der Waals surface area contributed by atoms with Gasteiger partial charge in [0.25, 0.3) is 0 Å². The molecule has 43 heavy (non-hydrogen) atoms. The quantitative estimate of drug-likeness (QED) is 0.113. The monoisotopic (exact) mass is 732 g/mol. The summed E-state index contributed by atoms with van der Waals surface area (Å²) in [7, 11) is -20.1. The largest absolute Gasteiger partial charge is 1.00 e. The molecule has 23 heteroatoms. The number of phenolic OH excluding ortho intramolecular Hbond substituents is 2. The molecule has 0 aliphatic heterocycles. The maximum Gasteiger partial charge on any atom is 1.00 e. The molecule has 3 aromatic carbocycles. The molecule has 0 aromatic heterocycles. The van der Waals surface area contributed by atoms with Gasteiger partial charge in [0.15, 0.2) is 15.6 Å². The number of aromatic hydroxyl groups is 2. The molecule has 3 N–H and O–H groups in total. The minimum Gasteiger partial charge on any atom is -0.744 e. The molecule has 0 aliphatic carbocycles. The Hall–Kier alpha value is -3.25. The SMILES string of the molecule is CC(=O)Nc1cc(S(=O)(=O)[O-])cc2cc(S(=O)(=O)[O-])c(N=Nc3ccc(S(=O)(=O)CCOS(=O)(=O)[O-])cc3O)c(O)c12.[Cu].[H+].[H+].[H+]. The van der Waals surface area contributed by atoms with Gasteiger partial charge in [0.2, 0.25) is 16.3 Å². The Morgan fingerprint density at radius 2 is 1.53 bits per heavy atom. The molecule has 0 fully saturated rings. The number of nitrogens with zero attached hydrogens (tertiary/aromatic N) is 2. The first-order chi connectivity index (χ1) is 19.1. The number of carbonyl (C=O) groups excluding carboxylic acids is 1. The van der Waals surface area contributed by atoms with Gasteiger partial charge in [0, 0.05) is 35.4 Å². The number of azo groups is 1. The fourth-order valence-corrected chi connectivity index (χ4v) is 6.11. The van der Waals surface area contributed by atoms with Crippen molar-refractivity contribution >= 4 is 74.2 Å². The van der Waals surface area contributed by atoms with Crippen LogP contribution in [0.3, 0.4) is 0 Å². The molecule has 0 saturated carbocycles. The Bertz CT molecular complexity index is 2100. The van der Waals surface area contributed by atoms with Crippen LogP contribution >= 0.6 is 0 Å². The van der Waals surface area contributed by atoms with Gasteiger partial charge < -0.3 is 29.2 Å². The van der Waals surface area contributed by atoms with Crippen LogP contribution in [0.25, 0.3) is 10.8 Å². The van der Waals surface area contributed by atoms with E-state index in [0.29, 0.717) is 24.3 Å². The third-order valence-corrected chi connectivity index (χ3v) is 8.93. The van der Waals surface area contributed by atoms with E-state index in [1.807, 2.05) is 0 Å². The minimum absolute atomic E-state index is 0. The number of anilines is 1. The van der Waals surface area contributed by atoms with Gasteiger partial charge >= 0.3 is 4.28 Å². The van der Waals surface area contributed by atoms with E-state index in [1.165, 1.54) is 0 Å². The molecular weight excluding hydrogens is 714 g/mol. The maximum atomic E-state index is 12.3. The van der Waals surface area contributed by atoms with Crippen molar-refractivity contribution in [2.75, 3.05) is 17.7 Å². The van der Waals surface area contributed by atoms with Crippen molar-refractivity contribution in [1.29, 1.82) is 0 Å². The van der Waals surface area contributed by atoms with E-state index in [4.69, 9.17) is 0 Å². The predicted octanol–water partition coefficient (Wildman–Crippen LogP) is 1.02. The first-order valence-corrected chi connectivity index (χ1v) is 16.5. The molecule has 3 aromatic rings. The van der Waals surface area contributed by atoms with Crippen molar-refractivity contribution in [3.8, 4) is 11.5 Å². The summed E-state index contributed by atoms with van der Waals surface area (Å²) < 4.78 is 131. The number of hydrogen-bond donors (Lipinski definition) is 3. The first kappa shape index (κ1) is 35.9. The van der Waals surface area contributed by atoms with Crippen LogP contribution in [0.1, 0.15) is 11.2 Å². The van der Waals surface area contributed by atoms with Crippen molar-refractivity contribution in [2.45, 2.75) is 21.6 Å². The van der Waals surface area contributed by atoms with Crippen LogP contribution in [0.2, 0.25) is 0 Å². The standard InChI is InChI=1S/C20H19N3O15S4.Cu/c1-10(24)21-15-8-13(40(29,30)31)6-11-7-17(41(32,33)34)19(20(26)18(11)15)23-22-14-3-2-12(9-16(14)25)39(27,28)5-4-38-42(35,36)37;/h2-3,6-9,25-26H,4-5H2,1H3,(H,21,24)(H,29,30,31)(H,32,33,34)(H,35,36,37);. The van der Waals surface area contributed by atoms with Crippen molar-refractivity contribution in [3.63, 3.8) is 0 Å². The van der Waals surface area contributed by atoms with Gasteiger partial charge in [-0.3, -0.25) is 8.98 Å². The second-order valence-corrected chi connectivity index (χ2v) is 14.0. The Labute approximate surface area is 258 Å². The molecule has 3 rings (SSSR count). The summed E-state index contributed by atoms with van der Waals surface area (Å²) in [5.41, 5.74) is -2.05. The summed E-state index contributed by atoms with van der Waals surface area (Å²) in [6.07, 6.45) is 0. The Kier molecular flexibility index (Phi) is 10.7. The third-order valence-electron chi connectivity index (χ3n) is 5.14. The number of hydrogen-bond acceptors (Lipinski definition) is 17. The average molecular weight is 733 g/mol. The molecule has 239 valence electrons. The van der Waals surface area contributed by atoms with Crippen molar-refractivity contribution in [1.82, 2.24) is 0 Å². The van der Waals surface area contributed by atoms with Crippen LogP contribution in [-0.4, -0.2) is 75.8 Å². The smallest absolute Gasteiger partial charge is 0.744 e. The molecule has 0 saturated heterocycles. The molecule has 0 unspecified atom stereocenters. The van der Waals surface area contributed by atoms with Crippen molar-refractivity contribution in [3.05, 3.63) is 36.4 Å². The summed E-state index contributed by atoms with van der Waals surface area (Å²) >= 11 is 0. The fraction of sp³-hybridized carbons (Fsp3) is 0.150. The van der Waals surface area contributed by atoms with Crippen LogP contribution in [0.15, 0.2) is 61.3 Å². The van der Waals surface area contributed by atoms with Crippen LogP contribution in [0.5, 0.6) is 11.5 Å². The number of amides is 1. The molecular formula is C20H19CuN3O15S4. The molecule has 0 spiro atoms. The number of carbonyl (C=O) groups is 1. The predicted molar refractivity (Wildman–Crippen MR) is 139 cm³/mol. The molecule has 0 aliphatic rings. The van der Waals surface area contributed by atoms with Gasteiger partial charge in [-0.05, 0) is 35.7 Å². The third kappa shape index (κ3) is 8.88. The maximum absolute atomic E-state index is 12.3. The van der Waals surface area contributed by atoms with Gasteiger partial charge in [-0.15, -0.1) is 10.2 Å². The second kappa shape index (κ2) is 12.8. The molecule has 18 nitrogen and oxygen atoms in total. The van der Waals surface area contributed by atoms with Gasteiger partial charge in [0.05, 0.1) is 32.7 Å². The number of benzene rings is 3. The zero-order valence-electron chi connectivity index (χ0n) is 23.9. The number of phenols is 2. The van der Waals surface area contributed by atoms with Crippen molar-refractivity contribution in [2.24, 2.45) is 10.2 Å². The fourth-order valence-electron chi connectivity index (χ4n) is 3.43. The topological polar surface area (TPSA) is 309 Å². The van der Waals surface area contributed by atoms with E-state index in [9.17, 15) is 62.3 Å². The van der Waals surface area contributed by atoms with Gasteiger partial charge in [-0.25, -0.2) is 33.7 Å². The minimum atomic E-state index is -5.49.